The van der Waals surface area contributed by atoms with E-state index in [4.69, 9.17) is 9.47 Å². The van der Waals surface area contributed by atoms with Crippen molar-refractivity contribution in [3.05, 3.63) is 12.2 Å². The second kappa shape index (κ2) is 60.9. The lowest BCUT2D eigenvalue weighted by Gasteiger charge is -2.15. The summed E-state index contributed by atoms with van der Waals surface area (Å²) in [5, 5.41) is 9.63. The predicted molar refractivity (Wildman–Crippen MR) is 302 cm³/mol. The smallest absolute Gasteiger partial charge is 0.306 e. The lowest BCUT2D eigenvalue weighted by atomic mass is 10.0. The number of hydrogen-bond acceptors (Lipinski definition) is 5. The van der Waals surface area contributed by atoms with Gasteiger partial charge in [0.1, 0.15) is 6.61 Å². The van der Waals surface area contributed by atoms with Gasteiger partial charge in [0, 0.05) is 12.8 Å². The molecule has 0 saturated heterocycles. The van der Waals surface area contributed by atoms with Crippen LogP contribution in [0.4, 0.5) is 0 Å². The molecule has 0 spiro atoms. The summed E-state index contributed by atoms with van der Waals surface area (Å²) in [7, 11) is 0. The fourth-order valence-corrected chi connectivity index (χ4v) is 10.0. The standard InChI is InChI=1S/C64H124O5/c1-3-5-7-9-11-13-15-17-19-20-21-22-23-24-25-26-27-28-29-30-31-32-33-34-35-36-37-38-39-40-41-42-43-45-46-48-50-52-54-56-58-63(66)68-61-62(60-65)69-64(67)59-57-55-53-51-49-47-44-18-16-14-12-10-8-6-4-2/h18,44,62,65H,3-17,19-43,45-61H2,1-2H3/b44-18-. The normalized spacial score (nSPS) is 12.1. The number of unbranched alkanes of at least 4 members (excludes halogenated alkanes) is 50. The molecule has 410 valence electrons. The average Bonchev–Trinajstić information content (AvgIpc) is 3.35. The Bertz CT molecular complexity index is 1010. The van der Waals surface area contributed by atoms with Crippen molar-refractivity contribution >= 4 is 11.9 Å². The predicted octanol–water partition coefficient (Wildman–Crippen LogP) is 21.5. The molecule has 0 aliphatic heterocycles. The number of rotatable bonds is 60. The van der Waals surface area contributed by atoms with Crippen LogP contribution < -0.4 is 0 Å². The molecule has 1 unspecified atom stereocenters. The Morgan fingerprint density at radius 1 is 0.319 bits per heavy atom. The molecule has 0 amide bonds. The van der Waals surface area contributed by atoms with E-state index in [0.29, 0.717) is 12.8 Å². The fourth-order valence-electron chi connectivity index (χ4n) is 10.0. The molecule has 0 saturated carbocycles. The molecular weight excluding hydrogens is 849 g/mol. The number of aliphatic hydroxyl groups is 1. The van der Waals surface area contributed by atoms with Crippen molar-refractivity contribution in [2.24, 2.45) is 0 Å². The first kappa shape index (κ1) is 67.6. The first-order valence-electron chi connectivity index (χ1n) is 31.7. The monoisotopic (exact) mass is 973 g/mol. The molecule has 0 heterocycles. The first-order valence-corrected chi connectivity index (χ1v) is 31.7. The summed E-state index contributed by atoms with van der Waals surface area (Å²) < 4.78 is 10.7. The van der Waals surface area contributed by atoms with Gasteiger partial charge in [-0.15, -0.1) is 0 Å². The minimum absolute atomic E-state index is 0.0623. The van der Waals surface area contributed by atoms with Crippen molar-refractivity contribution in [1.29, 1.82) is 0 Å². The largest absolute Gasteiger partial charge is 0.462 e. The van der Waals surface area contributed by atoms with Crippen molar-refractivity contribution in [2.45, 2.75) is 373 Å². The molecule has 1 atom stereocenters. The van der Waals surface area contributed by atoms with Crippen LogP contribution in [0.2, 0.25) is 0 Å². The molecule has 0 radical (unpaired) electrons. The van der Waals surface area contributed by atoms with Gasteiger partial charge in [0.05, 0.1) is 6.61 Å². The van der Waals surface area contributed by atoms with Crippen LogP contribution in [0.25, 0.3) is 0 Å². The van der Waals surface area contributed by atoms with Gasteiger partial charge in [-0.1, -0.05) is 328 Å². The molecule has 0 aromatic rings. The maximum Gasteiger partial charge on any atom is 0.306 e. The van der Waals surface area contributed by atoms with E-state index in [1.165, 1.54) is 302 Å². The van der Waals surface area contributed by atoms with E-state index in [1.54, 1.807) is 0 Å². The molecule has 0 rings (SSSR count). The van der Waals surface area contributed by atoms with Crippen LogP contribution >= 0.6 is 0 Å². The Balaban J connectivity index is 3.32. The summed E-state index contributed by atoms with van der Waals surface area (Å²) in [6.07, 6.45) is 76.8. The van der Waals surface area contributed by atoms with Crippen molar-refractivity contribution in [3.8, 4) is 0 Å². The third-order valence-electron chi connectivity index (χ3n) is 14.8. The summed E-state index contributed by atoms with van der Waals surface area (Å²) in [4.78, 5) is 24.5. The summed E-state index contributed by atoms with van der Waals surface area (Å²) in [6.45, 7) is 4.18. The van der Waals surface area contributed by atoms with E-state index in [1.807, 2.05) is 0 Å². The molecular formula is C64H124O5. The van der Waals surface area contributed by atoms with Crippen molar-refractivity contribution < 1.29 is 24.2 Å². The topological polar surface area (TPSA) is 72.8 Å². The van der Waals surface area contributed by atoms with E-state index in [0.717, 1.165) is 38.5 Å². The van der Waals surface area contributed by atoms with Gasteiger partial charge in [-0.05, 0) is 38.5 Å². The molecule has 0 fully saturated rings. The Labute approximate surface area is 432 Å². The van der Waals surface area contributed by atoms with Crippen LogP contribution in [0.5, 0.6) is 0 Å². The highest BCUT2D eigenvalue weighted by Gasteiger charge is 2.16. The van der Waals surface area contributed by atoms with Crippen LogP contribution in [-0.4, -0.2) is 36.4 Å². The van der Waals surface area contributed by atoms with Crippen LogP contribution in [0, 0.1) is 0 Å². The third-order valence-corrected chi connectivity index (χ3v) is 14.8. The van der Waals surface area contributed by atoms with Gasteiger partial charge >= 0.3 is 11.9 Å². The summed E-state index contributed by atoms with van der Waals surface area (Å²) in [5.74, 6) is -0.580. The number of esters is 2. The SMILES string of the molecule is CCCCCCCC/C=C\CCCCCCCC(=O)OC(CO)COC(=O)CCCCCCCCCCCCCCCCCCCCCCCCCCCCCCCCCCCCCCCCCC. The van der Waals surface area contributed by atoms with Crippen LogP contribution in [0.3, 0.4) is 0 Å². The van der Waals surface area contributed by atoms with Crippen molar-refractivity contribution in [1.82, 2.24) is 0 Å². The zero-order valence-corrected chi connectivity index (χ0v) is 47.1. The van der Waals surface area contributed by atoms with Crippen LogP contribution in [-0.2, 0) is 19.1 Å². The highest BCUT2D eigenvalue weighted by Crippen LogP contribution is 2.19. The van der Waals surface area contributed by atoms with Gasteiger partial charge in [-0.2, -0.15) is 0 Å². The van der Waals surface area contributed by atoms with E-state index in [-0.39, 0.29) is 25.2 Å². The Kier molecular flexibility index (Phi) is 59.7. The fraction of sp³-hybridized carbons (Fsp3) is 0.938. The number of allylic oxidation sites excluding steroid dienone is 2. The lowest BCUT2D eigenvalue weighted by Crippen LogP contribution is -2.28. The molecule has 5 nitrogen and oxygen atoms in total. The minimum Gasteiger partial charge on any atom is -0.462 e. The molecule has 0 aliphatic rings. The molecule has 0 bridgehead atoms. The van der Waals surface area contributed by atoms with Crippen molar-refractivity contribution in [2.75, 3.05) is 13.2 Å². The highest BCUT2D eigenvalue weighted by molar-refractivity contribution is 5.70. The molecule has 0 aromatic carbocycles. The molecule has 0 aromatic heterocycles. The quantitative estimate of drug-likeness (QED) is 0.0373. The Hall–Kier alpha value is -1.36. The second-order valence-electron chi connectivity index (χ2n) is 21.9. The van der Waals surface area contributed by atoms with Gasteiger partial charge < -0.3 is 14.6 Å². The first-order chi connectivity index (χ1) is 34.1. The molecule has 5 heteroatoms. The van der Waals surface area contributed by atoms with E-state index < -0.39 is 6.10 Å². The second-order valence-corrected chi connectivity index (χ2v) is 21.9. The number of carbonyl (C=O) groups excluding carboxylic acids is 2. The Morgan fingerprint density at radius 2 is 0.536 bits per heavy atom. The summed E-state index contributed by atoms with van der Waals surface area (Å²) in [5.41, 5.74) is 0. The van der Waals surface area contributed by atoms with Gasteiger partial charge in [-0.25, -0.2) is 0 Å². The van der Waals surface area contributed by atoms with Gasteiger partial charge in [0.15, 0.2) is 6.10 Å². The maximum absolute atomic E-state index is 12.3. The lowest BCUT2D eigenvalue weighted by molar-refractivity contribution is -0.161. The molecule has 69 heavy (non-hydrogen) atoms. The number of hydrogen-bond donors (Lipinski definition) is 1. The van der Waals surface area contributed by atoms with E-state index in [2.05, 4.69) is 26.0 Å². The number of ether oxygens (including phenoxy) is 2. The van der Waals surface area contributed by atoms with Gasteiger partial charge in [0.25, 0.3) is 0 Å². The van der Waals surface area contributed by atoms with Gasteiger partial charge in [0.2, 0.25) is 0 Å². The maximum atomic E-state index is 12.3. The van der Waals surface area contributed by atoms with E-state index in [9.17, 15) is 14.7 Å². The molecule has 1 N–H and O–H groups in total. The minimum atomic E-state index is -0.771. The average molecular weight is 974 g/mol. The van der Waals surface area contributed by atoms with Gasteiger partial charge in [-0.3, -0.25) is 9.59 Å². The number of aliphatic hydroxyl groups excluding tert-OH is 1. The third kappa shape index (κ3) is 59.1. The zero-order valence-electron chi connectivity index (χ0n) is 47.1. The summed E-state index contributed by atoms with van der Waals surface area (Å²) in [6, 6.07) is 0. The van der Waals surface area contributed by atoms with Crippen LogP contribution in [0.1, 0.15) is 367 Å². The van der Waals surface area contributed by atoms with Crippen molar-refractivity contribution in [3.63, 3.8) is 0 Å². The summed E-state index contributed by atoms with van der Waals surface area (Å²) >= 11 is 0. The van der Waals surface area contributed by atoms with E-state index >= 15 is 0 Å². The zero-order chi connectivity index (χ0) is 49.9. The number of carbonyl (C=O) groups is 2. The molecule has 0 aliphatic carbocycles. The van der Waals surface area contributed by atoms with Crippen LogP contribution in [0.15, 0.2) is 12.2 Å². The highest BCUT2D eigenvalue weighted by atomic mass is 16.6. The Morgan fingerprint density at radius 3 is 0.783 bits per heavy atom.